The molecule has 3 nitrogen and oxygen atoms in total. The quantitative estimate of drug-likeness (QED) is 0.881. The molecule has 98 valence electrons. The van der Waals surface area contributed by atoms with Crippen LogP contribution < -0.4 is 14.8 Å². The van der Waals surface area contributed by atoms with Crippen molar-refractivity contribution >= 4 is 0 Å². The molecule has 0 bridgehead atoms. The summed E-state index contributed by atoms with van der Waals surface area (Å²) < 4.78 is 39.0. The molecule has 1 aromatic carbocycles. The van der Waals surface area contributed by atoms with Gasteiger partial charge in [0.2, 0.25) is 6.79 Å². The molecule has 2 heterocycles. The first-order chi connectivity index (χ1) is 8.68. The van der Waals surface area contributed by atoms with Crippen molar-refractivity contribution in [2.75, 3.05) is 13.3 Å². The summed E-state index contributed by atoms with van der Waals surface area (Å²) in [7, 11) is 0. The van der Waals surface area contributed by atoms with Crippen molar-refractivity contribution in [3.05, 3.63) is 23.8 Å². The van der Waals surface area contributed by atoms with Crippen LogP contribution in [-0.2, 0) is 5.92 Å². The molecule has 2 aliphatic heterocycles. The van der Waals surface area contributed by atoms with Gasteiger partial charge in [-0.15, -0.1) is 0 Å². The lowest BCUT2D eigenvalue weighted by Gasteiger charge is -2.31. The molecular weight excluding hydrogens is 240 g/mol. The molecule has 0 radical (unpaired) electrons. The number of rotatable bonds is 2. The first kappa shape index (κ1) is 11.7. The van der Waals surface area contributed by atoms with Gasteiger partial charge in [0.15, 0.2) is 11.5 Å². The van der Waals surface area contributed by atoms with Crippen LogP contribution in [0, 0.1) is 0 Å². The number of benzene rings is 1. The lowest BCUT2D eigenvalue weighted by Crippen LogP contribution is -2.45. The third-order valence-corrected chi connectivity index (χ3v) is 3.51. The number of hydrogen-bond donors (Lipinski definition) is 1. The number of hydrogen-bond acceptors (Lipinski definition) is 3. The highest BCUT2D eigenvalue weighted by molar-refractivity contribution is 5.45. The van der Waals surface area contributed by atoms with E-state index in [1.807, 2.05) is 0 Å². The predicted octanol–water partition coefficient (Wildman–Crippen LogP) is 2.65. The van der Waals surface area contributed by atoms with E-state index in [-0.39, 0.29) is 12.4 Å². The van der Waals surface area contributed by atoms with Crippen LogP contribution in [0.25, 0.3) is 0 Å². The third-order valence-electron chi connectivity index (χ3n) is 3.51. The Kier molecular flexibility index (Phi) is 2.86. The van der Waals surface area contributed by atoms with E-state index >= 15 is 0 Å². The van der Waals surface area contributed by atoms with Crippen molar-refractivity contribution in [1.29, 1.82) is 0 Å². The second-order valence-electron chi connectivity index (χ2n) is 4.69. The fourth-order valence-electron chi connectivity index (χ4n) is 2.47. The van der Waals surface area contributed by atoms with Gasteiger partial charge in [-0.3, -0.25) is 0 Å². The van der Waals surface area contributed by atoms with E-state index in [1.165, 1.54) is 12.1 Å². The van der Waals surface area contributed by atoms with Crippen molar-refractivity contribution in [2.45, 2.75) is 31.2 Å². The van der Waals surface area contributed by atoms with Gasteiger partial charge in [0, 0.05) is 5.56 Å². The minimum absolute atomic E-state index is 0.00819. The van der Waals surface area contributed by atoms with Crippen LogP contribution >= 0.6 is 0 Å². The van der Waals surface area contributed by atoms with Crippen molar-refractivity contribution in [2.24, 2.45) is 0 Å². The molecule has 3 rings (SSSR count). The van der Waals surface area contributed by atoms with Gasteiger partial charge < -0.3 is 14.8 Å². The number of ether oxygens (including phenoxy) is 2. The second-order valence-corrected chi connectivity index (χ2v) is 4.69. The van der Waals surface area contributed by atoms with E-state index in [0.717, 1.165) is 12.8 Å². The molecular formula is C13H15F2NO2. The molecule has 0 spiro atoms. The number of halogens is 2. The minimum Gasteiger partial charge on any atom is -0.454 e. The largest absolute Gasteiger partial charge is 0.454 e. The van der Waals surface area contributed by atoms with Crippen molar-refractivity contribution in [3.63, 3.8) is 0 Å². The molecule has 2 aliphatic rings. The number of piperidine rings is 1. The maximum absolute atomic E-state index is 14.4. The van der Waals surface area contributed by atoms with Crippen LogP contribution in [-0.4, -0.2) is 19.4 Å². The average Bonchev–Trinajstić information content (AvgIpc) is 2.87. The number of nitrogens with one attached hydrogen (secondary N) is 1. The summed E-state index contributed by atoms with van der Waals surface area (Å²) in [6, 6.07) is 3.57. The first-order valence-corrected chi connectivity index (χ1v) is 6.19. The van der Waals surface area contributed by atoms with Crippen LogP contribution in [0.2, 0.25) is 0 Å². The third kappa shape index (κ3) is 1.92. The molecule has 18 heavy (non-hydrogen) atoms. The Hall–Kier alpha value is -1.36. The van der Waals surface area contributed by atoms with E-state index in [0.29, 0.717) is 24.5 Å². The first-order valence-electron chi connectivity index (χ1n) is 6.19. The fourth-order valence-corrected chi connectivity index (χ4v) is 2.47. The molecule has 0 amide bonds. The zero-order valence-electron chi connectivity index (χ0n) is 9.92. The molecule has 1 fully saturated rings. The van der Waals surface area contributed by atoms with Crippen molar-refractivity contribution in [1.82, 2.24) is 5.32 Å². The minimum atomic E-state index is -2.87. The second kappa shape index (κ2) is 4.39. The van der Waals surface area contributed by atoms with Crippen LogP contribution in [0.4, 0.5) is 8.78 Å². The Morgan fingerprint density at radius 2 is 2.00 bits per heavy atom. The summed E-state index contributed by atoms with van der Waals surface area (Å²) in [4.78, 5) is 0. The van der Waals surface area contributed by atoms with Gasteiger partial charge in [-0.2, -0.15) is 8.78 Å². The van der Waals surface area contributed by atoms with Gasteiger partial charge in [0.05, 0.1) is 6.04 Å². The van der Waals surface area contributed by atoms with Crippen LogP contribution in [0.1, 0.15) is 24.8 Å². The zero-order valence-corrected chi connectivity index (χ0v) is 9.92. The van der Waals surface area contributed by atoms with E-state index in [4.69, 9.17) is 9.47 Å². The zero-order chi connectivity index (χ0) is 12.6. The lowest BCUT2D eigenvalue weighted by atomic mass is 9.94. The molecule has 1 saturated heterocycles. The van der Waals surface area contributed by atoms with E-state index < -0.39 is 12.0 Å². The Labute approximate surface area is 104 Å². The number of alkyl halides is 2. The Balaban J connectivity index is 1.87. The molecule has 0 saturated carbocycles. The maximum atomic E-state index is 14.4. The molecule has 0 aromatic heterocycles. The highest BCUT2D eigenvalue weighted by Gasteiger charge is 2.42. The smallest absolute Gasteiger partial charge is 0.288 e. The van der Waals surface area contributed by atoms with Crippen molar-refractivity contribution < 1.29 is 18.3 Å². The summed E-state index contributed by atoms with van der Waals surface area (Å²) in [5.41, 5.74) is -0.00819. The fraction of sp³-hybridized carbons (Fsp3) is 0.538. The average molecular weight is 255 g/mol. The van der Waals surface area contributed by atoms with Gasteiger partial charge in [0.25, 0.3) is 5.92 Å². The van der Waals surface area contributed by atoms with Crippen molar-refractivity contribution in [3.8, 4) is 11.5 Å². The summed E-state index contributed by atoms with van der Waals surface area (Å²) in [5, 5.41) is 2.90. The van der Waals surface area contributed by atoms with Gasteiger partial charge >= 0.3 is 0 Å². The molecule has 1 atom stereocenters. The highest BCUT2D eigenvalue weighted by atomic mass is 19.3. The molecule has 5 heteroatoms. The van der Waals surface area contributed by atoms with E-state index in [9.17, 15) is 8.78 Å². The molecule has 0 aliphatic carbocycles. The summed E-state index contributed by atoms with van der Waals surface area (Å²) in [6.07, 6.45) is 2.31. The normalized spacial score (nSPS) is 23.1. The van der Waals surface area contributed by atoms with Gasteiger partial charge in [-0.05, 0) is 37.6 Å². The monoisotopic (exact) mass is 255 g/mol. The van der Waals surface area contributed by atoms with Gasteiger partial charge in [-0.1, -0.05) is 6.42 Å². The summed E-state index contributed by atoms with van der Waals surface area (Å²) in [5.74, 6) is -1.93. The topological polar surface area (TPSA) is 30.5 Å². The summed E-state index contributed by atoms with van der Waals surface area (Å²) in [6.45, 7) is 0.761. The Bertz CT molecular complexity index is 445. The summed E-state index contributed by atoms with van der Waals surface area (Å²) >= 11 is 0. The Morgan fingerprint density at radius 3 is 2.78 bits per heavy atom. The van der Waals surface area contributed by atoms with Crippen LogP contribution in [0.15, 0.2) is 18.2 Å². The lowest BCUT2D eigenvalue weighted by molar-refractivity contribution is -0.0513. The molecule has 1 N–H and O–H groups in total. The highest BCUT2D eigenvalue weighted by Crippen LogP contribution is 2.40. The Morgan fingerprint density at radius 1 is 1.17 bits per heavy atom. The number of fused-ring (bicyclic) bond motifs is 1. The SMILES string of the molecule is FC(F)(c1ccc2c(c1)OCO2)C1CCCCN1. The van der Waals surface area contributed by atoms with Crippen LogP contribution in [0.3, 0.4) is 0 Å². The van der Waals surface area contributed by atoms with E-state index in [2.05, 4.69) is 5.32 Å². The van der Waals surface area contributed by atoms with E-state index in [1.54, 1.807) is 6.07 Å². The molecule has 1 aromatic rings. The van der Waals surface area contributed by atoms with Gasteiger partial charge in [-0.25, -0.2) is 0 Å². The molecule has 1 unspecified atom stereocenters. The van der Waals surface area contributed by atoms with Crippen LogP contribution in [0.5, 0.6) is 11.5 Å². The maximum Gasteiger partial charge on any atom is 0.288 e. The van der Waals surface area contributed by atoms with Gasteiger partial charge in [0.1, 0.15) is 0 Å². The standard InChI is InChI=1S/C13H15F2NO2/c14-13(15,12-3-1-2-6-16-12)9-4-5-10-11(7-9)18-8-17-10/h4-5,7,12,16H,1-3,6,8H2. The predicted molar refractivity (Wildman–Crippen MR) is 62.1 cm³/mol.